The highest BCUT2D eigenvalue weighted by Gasteiger charge is 2.18. The number of unbranched alkanes of at least 4 members (excludes halogenated alkanes) is 1. The molecule has 116 valence electrons. The van der Waals surface area contributed by atoms with Crippen molar-refractivity contribution in [3.05, 3.63) is 35.9 Å². The smallest absolute Gasteiger partial charge is 0.407 e. The molecule has 2 N–H and O–H groups in total. The molecule has 1 aromatic rings. The van der Waals surface area contributed by atoms with E-state index >= 15 is 0 Å². The lowest BCUT2D eigenvalue weighted by molar-refractivity contribution is -0.121. The van der Waals surface area contributed by atoms with Gasteiger partial charge in [-0.15, -0.1) is 0 Å². The zero-order chi connectivity index (χ0) is 15.5. The van der Waals surface area contributed by atoms with Gasteiger partial charge in [0.2, 0.25) is 5.91 Å². The Morgan fingerprint density at radius 3 is 2.52 bits per heavy atom. The van der Waals surface area contributed by atoms with Crippen LogP contribution in [0.15, 0.2) is 30.3 Å². The van der Waals surface area contributed by atoms with Gasteiger partial charge in [-0.1, -0.05) is 43.7 Å². The molecule has 0 aliphatic heterocycles. The summed E-state index contributed by atoms with van der Waals surface area (Å²) >= 11 is 0. The van der Waals surface area contributed by atoms with Gasteiger partial charge in [-0.3, -0.25) is 4.79 Å². The Labute approximate surface area is 126 Å². The molecule has 1 rings (SSSR count). The number of carbonyl (C=O) groups is 2. The monoisotopic (exact) mass is 292 g/mol. The number of amides is 2. The minimum atomic E-state index is -0.507. The normalized spacial score (nSPS) is 11.5. The van der Waals surface area contributed by atoms with E-state index < -0.39 is 6.09 Å². The molecular formula is C16H24N2O3. The fourth-order valence-corrected chi connectivity index (χ4v) is 1.91. The lowest BCUT2D eigenvalue weighted by Crippen LogP contribution is -2.34. The van der Waals surface area contributed by atoms with Crippen LogP contribution >= 0.6 is 0 Å². The highest BCUT2D eigenvalue weighted by Crippen LogP contribution is 2.16. The first-order valence-corrected chi connectivity index (χ1v) is 7.42. The Bertz CT molecular complexity index is 434. The molecule has 0 aliphatic rings. The van der Waals surface area contributed by atoms with Crippen molar-refractivity contribution in [2.24, 2.45) is 0 Å². The summed E-state index contributed by atoms with van der Waals surface area (Å²) in [7, 11) is 0. The van der Waals surface area contributed by atoms with Gasteiger partial charge in [0, 0.05) is 6.54 Å². The third-order valence-electron chi connectivity index (χ3n) is 3.01. The van der Waals surface area contributed by atoms with E-state index in [4.69, 9.17) is 4.74 Å². The molecule has 0 unspecified atom stereocenters. The van der Waals surface area contributed by atoms with E-state index in [1.165, 1.54) is 0 Å². The van der Waals surface area contributed by atoms with Gasteiger partial charge < -0.3 is 15.4 Å². The molecule has 0 fully saturated rings. The lowest BCUT2D eigenvalue weighted by atomic mass is 10.0. The van der Waals surface area contributed by atoms with Crippen molar-refractivity contribution in [3.8, 4) is 0 Å². The number of ether oxygens (including phenoxy) is 1. The minimum Gasteiger partial charge on any atom is -0.450 e. The Kier molecular flexibility index (Phi) is 7.94. The minimum absolute atomic E-state index is 0.0749. The number of carbonyl (C=O) groups excluding carboxylic acids is 2. The maximum atomic E-state index is 11.9. The quantitative estimate of drug-likeness (QED) is 0.724. The highest BCUT2D eigenvalue weighted by atomic mass is 16.5. The van der Waals surface area contributed by atoms with E-state index in [0.29, 0.717) is 13.2 Å². The first-order valence-electron chi connectivity index (χ1n) is 7.42. The summed E-state index contributed by atoms with van der Waals surface area (Å²) in [4.78, 5) is 23.5. The maximum absolute atomic E-state index is 11.9. The molecule has 21 heavy (non-hydrogen) atoms. The molecule has 2 amide bonds. The van der Waals surface area contributed by atoms with E-state index in [1.807, 2.05) is 30.3 Å². The van der Waals surface area contributed by atoms with Crippen LogP contribution in [-0.2, 0) is 9.53 Å². The van der Waals surface area contributed by atoms with Crippen LogP contribution in [0.1, 0.15) is 44.7 Å². The van der Waals surface area contributed by atoms with Gasteiger partial charge in [-0.25, -0.2) is 4.79 Å². The van der Waals surface area contributed by atoms with Crippen molar-refractivity contribution in [1.29, 1.82) is 0 Å². The number of hydrogen-bond donors (Lipinski definition) is 2. The largest absolute Gasteiger partial charge is 0.450 e. The number of rotatable bonds is 8. The summed E-state index contributed by atoms with van der Waals surface area (Å²) in [6.07, 6.45) is 1.68. The molecule has 0 radical (unpaired) electrons. The molecule has 0 saturated carbocycles. The van der Waals surface area contributed by atoms with Crippen LogP contribution < -0.4 is 10.6 Å². The molecule has 0 aromatic heterocycles. The molecule has 1 atom stereocenters. The summed E-state index contributed by atoms with van der Waals surface area (Å²) < 4.78 is 4.89. The van der Waals surface area contributed by atoms with Crippen LogP contribution in [0.4, 0.5) is 4.79 Å². The van der Waals surface area contributed by atoms with Gasteiger partial charge in [-0.2, -0.15) is 0 Å². The summed E-state index contributed by atoms with van der Waals surface area (Å²) in [5.74, 6) is -0.0749. The number of hydrogen-bond acceptors (Lipinski definition) is 3. The molecule has 0 saturated heterocycles. The van der Waals surface area contributed by atoms with Crippen molar-refractivity contribution in [2.75, 3.05) is 13.2 Å². The van der Waals surface area contributed by atoms with Crippen LogP contribution in [0.2, 0.25) is 0 Å². The third-order valence-corrected chi connectivity index (χ3v) is 3.01. The number of nitrogens with one attached hydrogen (secondary N) is 2. The number of benzene rings is 1. The van der Waals surface area contributed by atoms with Gasteiger partial charge >= 0.3 is 6.09 Å². The first kappa shape index (κ1) is 17.0. The molecule has 0 bridgehead atoms. The Hall–Kier alpha value is -2.04. The molecular weight excluding hydrogens is 268 g/mol. The van der Waals surface area contributed by atoms with Crippen LogP contribution in [-0.4, -0.2) is 25.2 Å². The summed E-state index contributed by atoms with van der Waals surface area (Å²) in [5, 5.41) is 5.59. The molecule has 0 aliphatic carbocycles. The Morgan fingerprint density at radius 2 is 1.90 bits per heavy atom. The predicted molar refractivity (Wildman–Crippen MR) is 81.9 cm³/mol. The second-order valence-electron chi connectivity index (χ2n) is 4.74. The van der Waals surface area contributed by atoms with E-state index in [-0.39, 0.29) is 18.4 Å². The maximum Gasteiger partial charge on any atom is 0.407 e. The molecule has 0 heterocycles. The summed E-state index contributed by atoms with van der Waals surface area (Å²) in [6, 6.07) is 9.04. The van der Waals surface area contributed by atoms with Gasteiger partial charge in [0.1, 0.15) is 0 Å². The van der Waals surface area contributed by atoms with Crippen molar-refractivity contribution in [1.82, 2.24) is 10.6 Å². The van der Waals surface area contributed by atoms with Crippen molar-refractivity contribution in [2.45, 2.75) is 39.2 Å². The van der Waals surface area contributed by atoms with E-state index in [0.717, 1.165) is 18.4 Å². The zero-order valence-corrected chi connectivity index (χ0v) is 12.7. The SMILES string of the molecule is CCCCNC(=O)C[C@H](NC(=O)OCC)c1ccccc1. The average Bonchev–Trinajstić information content (AvgIpc) is 2.48. The van der Waals surface area contributed by atoms with E-state index in [1.54, 1.807) is 6.92 Å². The standard InChI is InChI=1S/C16H24N2O3/c1-3-5-11-17-15(19)12-14(18-16(20)21-4-2)13-9-7-6-8-10-13/h6-10,14H,3-5,11-12H2,1-2H3,(H,17,19)(H,18,20)/t14-/m0/s1. The van der Waals surface area contributed by atoms with E-state index in [9.17, 15) is 9.59 Å². The highest BCUT2D eigenvalue weighted by molar-refractivity contribution is 5.78. The Morgan fingerprint density at radius 1 is 1.19 bits per heavy atom. The second-order valence-corrected chi connectivity index (χ2v) is 4.74. The van der Waals surface area contributed by atoms with Gasteiger partial charge in [0.15, 0.2) is 0 Å². The van der Waals surface area contributed by atoms with Gasteiger partial charge in [-0.05, 0) is 18.9 Å². The first-order chi connectivity index (χ1) is 10.2. The predicted octanol–water partition coefficient (Wildman–Crippen LogP) is 2.78. The Balaban J connectivity index is 2.64. The molecule has 5 nitrogen and oxygen atoms in total. The molecule has 1 aromatic carbocycles. The second kappa shape index (κ2) is 9.80. The van der Waals surface area contributed by atoms with Crippen LogP contribution in [0.25, 0.3) is 0 Å². The van der Waals surface area contributed by atoms with Crippen LogP contribution in [0.3, 0.4) is 0 Å². The van der Waals surface area contributed by atoms with Crippen molar-refractivity contribution in [3.63, 3.8) is 0 Å². The molecule has 0 spiro atoms. The van der Waals surface area contributed by atoms with Gasteiger partial charge in [0.25, 0.3) is 0 Å². The number of alkyl carbamates (subject to hydrolysis) is 1. The van der Waals surface area contributed by atoms with Crippen LogP contribution in [0, 0.1) is 0 Å². The van der Waals surface area contributed by atoms with Crippen molar-refractivity contribution < 1.29 is 14.3 Å². The fourth-order valence-electron chi connectivity index (χ4n) is 1.91. The zero-order valence-electron chi connectivity index (χ0n) is 12.7. The van der Waals surface area contributed by atoms with Crippen LogP contribution in [0.5, 0.6) is 0 Å². The summed E-state index contributed by atoms with van der Waals surface area (Å²) in [6.45, 7) is 4.78. The van der Waals surface area contributed by atoms with Gasteiger partial charge in [0.05, 0.1) is 19.1 Å². The molecule has 5 heteroatoms. The third kappa shape index (κ3) is 6.79. The fraction of sp³-hybridized carbons (Fsp3) is 0.500. The lowest BCUT2D eigenvalue weighted by Gasteiger charge is -2.18. The van der Waals surface area contributed by atoms with E-state index in [2.05, 4.69) is 17.6 Å². The summed E-state index contributed by atoms with van der Waals surface area (Å²) in [5.41, 5.74) is 0.885. The average molecular weight is 292 g/mol. The van der Waals surface area contributed by atoms with Crippen molar-refractivity contribution >= 4 is 12.0 Å². The topological polar surface area (TPSA) is 67.4 Å².